The predicted molar refractivity (Wildman–Crippen MR) is 147 cm³/mol. The number of halogens is 1. The first-order valence-corrected chi connectivity index (χ1v) is 13.8. The molecular weight excluding hydrogens is 497 g/mol. The topological polar surface area (TPSA) is 88.2 Å². The largest absolute Gasteiger partial charge is 0.497 e. The van der Waals surface area contributed by atoms with E-state index in [1.54, 1.807) is 37.1 Å². The molecule has 1 aromatic heterocycles. The number of methoxy groups -OCH3 is 1. The van der Waals surface area contributed by atoms with Crippen LogP contribution in [0.15, 0.2) is 64.5 Å². The first-order valence-electron chi connectivity index (χ1n) is 11.6. The maximum Gasteiger partial charge on any atom is 0.242 e. The minimum absolute atomic E-state index is 0.0887. The molecule has 7 nitrogen and oxygen atoms in total. The minimum atomic E-state index is -0.491. The summed E-state index contributed by atoms with van der Waals surface area (Å²) < 4.78 is 19.0. The SMILES string of the molecule is COc1ccc(Sc2cc(Nc3cccc(F)c3)nc(N[C@@H](CC(C)C)C(=O)NCCSC)n2)cc1. The summed E-state index contributed by atoms with van der Waals surface area (Å²) >= 11 is 3.13. The third-order valence-electron chi connectivity index (χ3n) is 5.01. The highest BCUT2D eigenvalue weighted by molar-refractivity contribution is 7.99. The molecule has 0 saturated carbocycles. The molecule has 0 aliphatic rings. The van der Waals surface area contributed by atoms with Gasteiger partial charge in [0, 0.05) is 28.9 Å². The average Bonchev–Trinajstić information content (AvgIpc) is 2.84. The van der Waals surface area contributed by atoms with Crippen LogP contribution in [-0.2, 0) is 4.79 Å². The molecule has 0 aliphatic carbocycles. The lowest BCUT2D eigenvalue weighted by Crippen LogP contribution is -2.41. The van der Waals surface area contributed by atoms with Crippen molar-refractivity contribution in [1.29, 1.82) is 0 Å². The van der Waals surface area contributed by atoms with Crippen molar-refractivity contribution in [2.75, 3.05) is 36.3 Å². The zero-order chi connectivity index (χ0) is 25.9. The van der Waals surface area contributed by atoms with E-state index in [1.807, 2.05) is 30.5 Å². The molecular formula is C26H32FN5O2S2. The van der Waals surface area contributed by atoms with Gasteiger partial charge in [-0.3, -0.25) is 4.79 Å². The van der Waals surface area contributed by atoms with Crippen molar-refractivity contribution in [3.63, 3.8) is 0 Å². The van der Waals surface area contributed by atoms with Gasteiger partial charge in [-0.1, -0.05) is 31.7 Å². The fourth-order valence-corrected chi connectivity index (χ4v) is 4.47. The quantitative estimate of drug-likeness (QED) is 0.188. The van der Waals surface area contributed by atoms with Gasteiger partial charge in [-0.05, 0) is 61.1 Å². The van der Waals surface area contributed by atoms with Crippen molar-refractivity contribution in [2.24, 2.45) is 5.92 Å². The van der Waals surface area contributed by atoms with E-state index in [0.29, 0.717) is 35.4 Å². The third kappa shape index (κ3) is 8.91. The van der Waals surface area contributed by atoms with Gasteiger partial charge in [0.2, 0.25) is 11.9 Å². The van der Waals surface area contributed by atoms with E-state index in [2.05, 4.69) is 39.8 Å². The highest BCUT2D eigenvalue weighted by atomic mass is 32.2. The first kappa shape index (κ1) is 27.6. The summed E-state index contributed by atoms with van der Waals surface area (Å²) in [5.74, 6) is 2.26. The second-order valence-electron chi connectivity index (χ2n) is 8.44. The normalized spacial score (nSPS) is 11.7. The van der Waals surface area contributed by atoms with E-state index in [1.165, 1.54) is 23.9 Å². The van der Waals surface area contributed by atoms with Gasteiger partial charge in [0.25, 0.3) is 0 Å². The van der Waals surface area contributed by atoms with Gasteiger partial charge in [0.15, 0.2) is 0 Å². The molecule has 3 N–H and O–H groups in total. The number of hydrogen-bond donors (Lipinski definition) is 3. The number of ether oxygens (including phenoxy) is 1. The molecule has 1 atom stereocenters. The Morgan fingerprint density at radius 3 is 2.56 bits per heavy atom. The Morgan fingerprint density at radius 1 is 1.11 bits per heavy atom. The van der Waals surface area contributed by atoms with E-state index in [9.17, 15) is 9.18 Å². The summed E-state index contributed by atoms with van der Waals surface area (Å²) in [5, 5.41) is 10.0. The lowest BCUT2D eigenvalue weighted by molar-refractivity contribution is -0.122. The van der Waals surface area contributed by atoms with Crippen LogP contribution in [0.4, 0.5) is 21.8 Å². The van der Waals surface area contributed by atoms with Gasteiger partial charge in [0.05, 0.1) is 7.11 Å². The van der Waals surface area contributed by atoms with Crippen LogP contribution in [0.2, 0.25) is 0 Å². The van der Waals surface area contributed by atoms with Crippen molar-refractivity contribution in [3.8, 4) is 5.75 Å². The molecule has 0 fully saturated rings. The van der Waals surface area contributed by atoms with E-state index >= 15 is 0 Å². The zero-order valence-corrected chi connectivity index (χ0v) is 22.5. The Bertz CT molecular complexity index is 1130. The van der Waals surface area contributed by atoms with Crippen LogP contribution in [-0.4, -0.2) is 47.6 Å². The monoisotopic (exact) mass is 529 g/mol. The fourth-order valence-electron chi connectivity index (χ4n) is 3.34. The summed E-state index contributed by atoms with van der Waals surface area (Å²) in [5.41, 5.74) is 0.564. The number of rotatable bonds is 13. The molecule has 192 valence electrons. The van der Waals surface area contributed by atoms with Crippen LogP contribution >= 0.6 is 23.5 Å². The molecule has 0 saturated heterocycles. The summed E-state index contributed by atoms with van der Waals surface area (Å²) in [6, 6.07) is 15.1. The first-order chi connectivity index (χ1) is 17.4. The van der Waals surface area contributed by atoms with Gasteiger partial charge in [0.1, 0.15) is 28.5 Å². The van der Waals surface area contributed by atoms with Crippen LogP contribution in [0.1, 0.15) is 20.3 Å². The molecule has 36 heavy (non-hydrogen) atoms. The molecule has 1 heterocycles. The summed E-state index contributed by atoms with van der Waals surface area (Å²) in [6.45, 7) is 4.73. The number of anilines is 3. The minimum Gasteiger partial charge on any atom is -0.497 e. The van der Waals surface area contributed by atoms with Crippen LogP contribution in [0.5, 0.6) is 5.75 Å². The van der Waals surface area contributed by atoms with Crippen LogP contribution in [0.3, 0.4) is 0 Å². The number of hydrogen-bond acceptors (Lipinski definition) is 8. The van der Waals surface area contributed by atoms with Crippen molar-refractivity contribution in [1.82, 2.24) is 15.3 Å². The van der Waals surface area contributed by atoms with Crippen molar-refractivity contribution in [2.45, 2.75) is 36.2 Å². The predicted octanol–water partition coefficient (Wildman–Crippen LogP) is 5.82. The maximum atomic E-state index is 13.7. The molecule has 0 spiro atoms. The van der Waals surface area contributed by atoms with Gasteiger partial charge >= 0.3 is 0 Å². The van der Waals surface area contributed by atoms with Gasteiger partial charge in [-0.25, -0.2) is 9.37 Å². The second-order valence-corrected chi connectivity index (χ2v) is 10.5. The van der Waals surface area contributed by atoms with Gasteiger partial charge < -0.3 is 20.7 Å². The molecule has 0 unspecified atom stereocenters. The Hall–Kier alpha value is -2.98. The summed E-state index contributed by atoms with van der Waals surface area (Å²) in [4.78, 5) is 23.1. The Morgan fingerprint density at radius 2 is 1.89 bits per heavy atom. The summed E-state index contributed by atoms with van der Waals surface area (Å²) in [6.07, 6.45) is 2.62. The number of nitrogens with zero attached hydrogens (tertiary/aromatic N) is 2. The zero-order valence-electron chi connectivity index (χ0n) is 20.9. The molecule has 10 heteroatoms. The molecule has 0 bridgehead atoms. The Labute approximate surface area is 220 Å². The molecule has 3 aromatic rings. The van der Waals surface area contributed by atoms with Crippen LogP contribution in [0.25, 0.3) is 0 Å². The smallest absolute Gasteiger partial charge is 0.242 e. The molecule has 1 amide bonds. The Balaban J connectivity index is 1.89. The number of carbonyl (C=O) groups excluding carboxylic acids is 1. The van der Waals surface area contributed by atoms with Crippen molar-refractivity contribution < 1.29 is 13.9 Å². The molecule has 2 aromatic carbocycles. The lowest BCUT2D eigenvalue weighted by Gasteiger charge is -2.21. The van der Waals surface area contributed by atoms with E-state index in [-0.39, 0.29) is 17.6 Å². The van der Waals surface area contributed by atoms with Crippen molar-refractivity contribution in [3.05, 3.63) is 60.4 Å². The van der Waals surface area contributed by atoms with Gasteiger partial charge in [-0.15, -0.1) is 0 Å². The average molecular weight is 530 g/mol. The van der Waals surface area contributed by atoms with E-state index < -0.39 is 6.04 Å². The molecule has 0 radical (unpaired) electrons. The number of amides is 1. The fraction of sp³-hybridized carbons (Fsp3) is 0.346. The molecule has 0 aliphatic heterocycles. The van der Waals surface area contributed by atoms with Gasteiger partial charge in [-0.2, -0.15) is 16.7 Å². The lowest BCUT2D eigenvalue weighted by atomic mass is 10.0. The number of carbonyl (C=O) groups is 1. The highest BCUT2D eigenvalue weighted by Gasteiger charge is 2.21. The van der Waals surface area contributed by atoms with E-state index in [0.717, 1.165) is 16.4 Å². The Kier molecular flexibility index (Phi) is 10.7. The number of benzene rings is 2. The molecule has 3 rings (SSSR count). The number of aromatic nitrogens is 2. The maximum absolute atomic E-state index is 13.7. The third-order valence-corrected chi connectivity index (χ3v) is 6.55. The standard InChI is InChI=1S/C26H32FN5O2S2/c1-17(2)14-22(25(33)28-12-13-35-4)30-26-31-23(29-19-7-5-6-18(27)15-19)16-24(32-26)36-21-10-8-20(34-3)9-11-21/h5-11,15-17,22H,12-14H2,1-4H3,(H,28,33)(H2,29,30,31,32)/t22-/m0/s1. The van der Waals surface area contributed by atoms with Crippen molar-refractivity contribution >= 4 is 46.9 Å². The highest BCUT2D eigenvalue weighted by Crippen LogP contribution is 2.30. The number of thioether (sulfide) groups is 1. The van der Waals surface area contributed by atoms with Crippen LogP contribution < -0.4 is 20.7 Å². The van der Waals surface area contributed by atoms with Crippen LogP contribution in [0, 0.1) is 11.7 Å². The summed E-state index contributed by atoms with van der Waals surface area (Å²) in [7, 11) is 1.62. The second kappa shape index (κ2) is 13.9. The van der Waals surface area contributed by atoms with E-state index in [4.69, 9.17) is 4.74 Å². The number of nitrogens with one attached hydrogen (secondary N) is 3.